The highest BCUT2D eigenvalue weighted by molar-refractivity contribution is 9.10. The molecule has 4 rings (SSSR count). The topological polar surface area (TPSA) is 137 Å². The van der Waals surface area contributed by atoms with Crippen LogP contribution in [0.15, 0.2) is 86.0 Å². The third kappa shape index (κ3) is 6.37. The first kappa shape index (κ1) is 26.4. The van der Waals surface area contributed by atoms with Crippen LogP contribution >= 0.6 is 27.7 Å². The summed E-state index contributed by atoms with van der Waals surface area (Å²) in [7, 11) is -4.29. The number of hydrogen-bond acceptors (Lipinski definition) is 9. The average Bonchev–Trinajstić information content (AvgIpc) is 3.20. The van der Waals surface area contributed by atoms with Crippen molar-refractivity contribution in [2.75, 3.05) is 6.61 Å². The Hall–Kier alpha value is -3.68. The molecule has 0 atom stereocenters. The van der Waals surface area contributed by atoms with Gasteiger partial charge in [-0.05, 0) is 82.7 Å². The Morgan fingerprint density at radius 1 is 1.11 bits per heavy atom. The number of benzene rings is 3. The number of non-ortho nitro benzene ring substituents is 1. The quantitative estimate of drug-likeness (QED) is 0.156. The molecule has 1 saturated heterocycles. The second-order valence-electron chi connectivity index (χ2n) is 7.36. The van der Waals surface area contributed by atoms with Crippen molar-refractivity contribution < 1.29 is 27.1 Å². The maximum atomic E-state index is 12.7. The summed E-state index contributed by atoms with van der Waals surface area (Å²) < 4.78 is 37.1. The molecule has 1 amide bonds. The third-order valence-corrected chi connectivity index (χ3v) is 7.66. The molecule has 3 aromatic rings. The highest BCUT2D eigenvalue weighted by Gasteiger charge is 2.25. The smallest absolute Gasteiger partial charge is 0.339 e. The average molecular weight is 604 g/mol. The van der Waals surface area contributed by atoms with Crippen LogP contribution in [-0.2, 0) is 14.9 Å². The van der Waals surface area contributed by atoms with Crippen LogP contribution in [0.5, 0.6) is 11.5 Å². The van der Waals surface area contributed by atoms with Crippen LogP contribution in [0.1, 0.15) is 12.5 Å². The van der Waals surface area contributed by atoms with Gasteiger partial charge < -0.3 is 14.2 Å². The van der Waals surface area contributed by atoms with Gasteiger partial charge in [-0.1, -0.05) is 18.2 Å². The molecule has 1 aliphatic heterocycles. The molecule has 0 unspecified atom stereocenters. The predicted octanol–water partition coefficient (Wildman–Crippen LogP) is 5.42. The molecule has 37 heavy (non-hydrogen) atoms. The number of nitrogens with one attached hydrogen (secondary N) is 1. The maximum absolute atomic E-state index is 12.7. The number of halogens is 1. The highest BCUT2D eigenvalue weighted by Crippen LogP contribution is 2.35. The summed E-state index contributed by atoms with van der Waals surface area (Å²) in [4.78, 5) is 27.3. The molecule has 190 valence electrons. The zero-order valence-electron chi connectivity index (χ0n) is 19.1. The molecule has 0 saturated carbocycles. The van der Waals surface area contributed by atoms with Gasteiger partial charge in [-0.2, -0.15) is 8.42 Å². The number of ether oxygens (including phenoxy) is 1. The van der Waals surface area contributed by atoms with Crippen molar-refractivity contribution in [3.05, 3.63) is 91.8 Å². The van der Waals surface area contributed by atoms with Gasteiger partial charge >= 0.3 is 10.1 Å². The number of thioether (sulfide) groups is 1. The lowest BCUT2D eigenvalue weighted by molar-refractivity contribution is -0.384. The molecule has 0 aromatic heterocycles. The van der Waals surface area contributed by atoms with E-state index in [0.717, 1.165) is 40.5 Å². The van der Waals surface area contributed by atoms with Crippen molar-refractivity contribution in [2.24, 2.45) is 4.99 Å². The summed E-state index contributed by atoms with van der Waals surface area (Å²) >= 11 is 4.59. The molecule has 1 heterocycles. The largest absolute Gasteiger partial charge is 0.490 e. The molecule has 0 spiro atoms. The summed E-state index contributed by atoms with van der Waals surface area (Å²) in [6, 6.07) is 16.2. The van der Waals surface area contributed by atoms with E-state index in [4.69, 9.17) is 8.92 Å². The summed E-state index contributed by atoms with van der Waals surface area (Å²) in [5, 5.41) is 14.0. The van der Waals surface area contributed by atoms with Crippen LogP contribution in [0, 0.1) is 10.1 Å². The Balaban J connectivity index is 1.57. The zero-order chi connectivity index (χ0) is 26.6. The van der Waals surface area contributed by atoms with E-state index < -0.39 is 15.0 Å². The van der Waals surface area contributed by atoms with Gasteiger partial charge in [0.25, 0.3) is 11.6 Å². The number of nitro benzene ring substituents is 1. The molecule has 1 aliphatic rings. The first-order valence-electron chi connectivity index (χ1n) is 10.7. The minimum Gasteiger partial charge on any atom is -0.490 e. The van der Waals surface area contributed by atoms with E-state index >= 15 is 0 Å². The van der Waals surface area contributed by atoms with Crippen LogP contribution in [0.4, 0.5) is 11.4 Å². The van der Waals surface area contributed by atoms with Crippen molar-refractivity contribution in [3.63, 3.8) is 0 Å². The number of para-hydroxylation sites is 1. The van der Waals surface area contributed by atoms with Gasteiger partial charge in [0.2, 0.25) is 0 Å². The lowest BCUT2D eigenvalue weighted by Crippen LogP contribution is -2.19. The Morgan fingerprint density at radius 2 is 1.84 bits per heavy atom. The minimum atomic E-state index is -4.29. The van der Waals surface area contributed by atoms with E-state index in [-0.39, 0.29) is 34.6 Å². The van der Waals surface area contributed by atoms with E-state index in [0.29, 0.717) is 21.3 Å². The first-order valence-corrected chi connectivity index (χ1v) is 13.7. The molecule has 10 nitrogen and oxygen atoms in total. The standard InChI is InChI=1S/C24H18BrN3O7S2/c1-2-34-21-13-15(14-22-23(29)27-24(36-22)26-19-6-4-3-5-18(19)25)7-12-20(21)35-37(32,33)17-10-8-16(9-11-17)28(30)31/h3-14H,2H2,1H3,(H,26,27,29)/b22-14+. The molecule has 3 aromatic carbocycles. The zero-order valence-corrected chi connectivity index (χ0v) is 22.3. The van der Waals surface area contributed by atoms with Crippen molar-refractivity contribution in [3.8, 4) is 11.5 Å². The molecular formula is C24H18BrN3O7S2. The van der Waals surface area contributed by atoms with E-state index in [2.05, 4.69) is 26.2 Å². The fourth-order valence-electron chi connectivity index (χ4n) is 3.14. The number of carbonyl (C=O) groups is 1. The van der Waals surface area contributed by atoms with Crippen LogP contribution < -0.4 is 14.2 Å². The Kier molecular flexibility index (Phi) is 7.95. The summed E-state index contributed by atoms with van der Waals surface area (Å²) in [5.74, 6) is -0.246. The number of carbonyl (C=O) groups excluding carboxylic acids is 1. The van der Waals surface area contributed by atoms with E-state index in [1.807, 2.05) is 24.3 Å². The number of rotatable bonds is 8. The second-order valence-corrected chi connectivity index (χ2v) is 10.8. The lowest BCUT2D eigenvalue weighted by atomic mass is 10.2. The van der Waals surface area contributed by atoms with Gasteiger partial charge in [-0.25, -0.2) is 4.99 Å². The van der Waals surface area contributed by atoms with Crippen LogP contribution in [0.3, 0.4) is 0 Å². The van der Waals surface area contributed by atoms with Crippen molar-refractivity contribution in [2.45, 2.75) is 11.8 Å². The van der Waals surface area contributed by atoms with Crippen molar-refractivity contribution in [1.29, 1.82) is 0 Å². The van der Waals surface area contributed by atoms with E-state index in [9.17, 15) is 23.3 Å². The fourth-order valence-corrected chi connectivity index (χ4v) is 5.28. The van der Waals surface area contributed by atoms with Crippen LogP contribution in [-0.4, -0.2) is 31.0 Å². The van der Waals surface area contributed by atoms with Gasteiger partial charge in [0, 0.05) is 16.6 Å². The lowest BCUT2D eigenvalue weighted by Gasteiger charge is -2.12. The minimum absolute atomic E-state index is 0.0675. The first-order chi connectivity index (χ1) is 17.7. The maximum Gasteiger partial charge on any atom is 0.339 e. The summed E-state index contributed by atoms with van der Waals surface area (Å²) in [5.41, 5.74) is 0.994. The molecule has 1 fully saturated rings. The number of nitro groups is 1. The Labute approximate surface area is 224 Å². The van der Waals surface area contributed by atoms with Gasteiger partial charge in [0.1, 0.15) is 4.90 Å². The number of hydrogen-bond donors (Lipinski definition) is 1. The normalized spacial score (nSPS) is 15.6. The van der Waals surface area contributed by atoms with Crippen LogP contribution in [0.25, 0.3) is 6.08 Å². The van der Waals surface area contributed by atoms with E-state index in [1.165, 1.54) is 6.07 Å². The number of nitrogens with zero attached hydrogens (tertiary/aromatic N) is 2. The predicted molar refractivity (Wildman–Crippen MR) is 143 cm³/mol. The number of amidine groups is 1. The van der Waals surface area contributed by atoms with E-state index in [1.54, 1.807) is 25.1 Å². The Morgan fingerprint density at radius 3 is 2.51 bits per heavy atom. The highest BCUT2D eigenvalue weighted by atomic mass is 79.9. The van der Waals surface area contributed by atoms with Crippen LogP contribution in [0.2, 0.25) is 0 Å². The molecule has 1 N–H and O–H groups in total. The molecule has 13 heteroatoms. The summed E-state index contributed by atoms with van der Waals surface area (Å²) in [6.07, 6.45) is 1.62. The molecule has 0 aliphatic carbocycles. The van der Waals surface area contributed by atoms with Crippen molar-refractivity contribution >= 4 is 66.3 Å². The monoisotopic (exact) mass is 603 g/mol. The SMILES string of the molecule is CCOc1cc(/C=C2/SC(=Nc3ccccc3Br)NC2=O)ccc1OS(=O)(=O)c1ccc([N+](=O)[O-])cc1. The number of aliphatic imine (C=N–C) groups is 1. The van der Waals surface area contributed by atoms with Gasteiger partial charge in [-0.15, -0.1) is 0 Å². The molecular weight excluding hydrogens is 586 g/mol. The summed E-state index contributed by atoms with van der Waals surface area (Å²) in [6.45, 7) is 1.95. The van der Waals surface area contributed by atoms with Gasteiger partial charge in [-0.3, -0.25) is 14.9 Å². The van der Waals surface area contributed by atoms with Gasteiger partial charge in [0.15, 0.2) is 16.7 Å². The fraction of sp³-hybridized carbons (Fsp3) is 0.0833. The second kappa shape index (κ2) is 11.2. The molecule has 0 bridgehead atoms. The molecule has 0 radical (unpaired) electrons. The van der Waals surface area contributed by atoms with Gasteiger partial charge in [0.05, 0.1) is 22.1 Å². The Bertz CT molecular complexity index is 1540. The third-order valence-electron chi connectivity index (χ3n) is 4.83. The van der Waals surface area contributed by atoms with Crippen molar-refractivity contribution in [1.82, 2.24) is 5.32 Å². The number of amides is 1.